The number of fused-ring (bicyclic) bond motifs is 1. The van der Waals surface area contributed by atoms with Gasteiger partial charge in [0.2, 0.25) is 0 Å². The van der Waals surface area contributed by atoms with Gasteiger partial charge in [0, 0.05) is 44.8 Å². The van der Waals surface area contributed by atoms with Crippen molar-refractivity contribution in [2.45, 2.75) is 33.0 Å². The molecule has 2 aromatic rings. The number of hydrogen-bond donors (Lipinski definition) is 0. The van der Waals surface area contributed by atoms with Gasteiger partial charge in [0.25, 0.3) is 0 Å². The maximum Gasteiger partial charge on any atom is 0.321 e. The van der Waals surface area contributed by atoms with Crippen LogP contribution >= 0.6 is 0 Å². The number of anilines is 1. The first-order valence-corrected chi connectivity index (χ1v) is 9.60. The number of urea groups is 1. The first-order valence-electron chi connectivity index (χ1n) is 9.60. The van der Waals surface area contributed by atoms with Crippen molar-refractivity contribution in [3.63, 3.8) is 0 Å². The van der Waals surface area contributed by atoms with Crippen molar-refractivity contribution in [2.75, 3.05) is 44.2 Å². The van der Waals surface area contributed by atoms with Gasteiger partial charge in [0.1, 0.15) is 12.0 Å². The van der Waals surface area contributed by atoms with Crippen molar-refractivity contribution < 1.29 is 13.7 Å². The number of nitrogens with zero attached hydrogens (tertiary/aromatic N) is 5. The topological polar surface area (TPSA) is 56.1 Å². The Bertz CT molecular complexity index is 831. The van der Waals surface area contributed by atoms with E-state index in [9.17, 15) is 9.18 Å². The van der Waals surface area contributed by atoms with E-state index in [1.165, 1.54) is 12.1 Å². The molecular formula is C19H26FN5O2. The molecule has 4 rings (SSSR count). The number of carbonyl (C=O) groups is 1. The summed E-state index contributed by atoms with van der Waals surface area (Å²) in [6.07, 6.45) is 0.114. The van der Waals surface area contributed by atoms with E-state index in [0.29, 0.717) is 5.58 Å². The standard InChI is InChI=1S/C19H26FN5O2/c1-4-22-12-17(25(13(2)3)19(22)26)23-7-9-24(10-8-23)18-15-6-5-14(20)11-16(15)27-21-18/h5-6,11,13,17H,4,7-10,12H2,1-3H3. The molecule has 146 valence electrons. The molecule has 0 spiro atoms. The smallest absolute Gasteiger partial charge is 0.321 e. The molecule has 27 heavy (non-hydrogen) atoms. The summed E-state index contributed by atoms with van der Waals surface area (Å²) >= 11 is 0. The van der Waals surface area contributed by atoms with E-state index >= 15 is 0 Å². The van der Waals surface area contributed by atoms with E-state index in [1.807, 2.05) is 16.7 Å². The summed E-state index contributed by atoms with van der Waals surface area (Å²) in [7, 11) is 0. The predicted octanol–water partition coefficient (Wildman–Crippen LogP) is 2.58. The van der Waals surface area contributed by atoms with Crippen molar-refractivity contribution in [2.24, 2.45) is 0 Å². The normalized spacial score (nSPS) is 21.9. The number of halogens is 1. The van der Waals surface area contributed by atoms with E-state index in [2.05, 4.69) is 28.8 Å². The van der Waals surface area contributed by atoms with Crippen molar-refractivity contribution >= 4 is 22.8 Å². The molecule has 2 fully saturated rings. The zero-order valence-electron chi connectivity index (χ0n) is 16.1. The van der Waals surface area contributed by atoms with Crippen LogP contribution in [0.3, 0.4) is 0 Å². The number of rotatable bonds is 4. The Hall–Kier alpha value is -2.35. The van der Waals surface area contributed by atoms with Gasteiger partial charge in [0.05, 0.1) is 11.9 Å². The number of piperazine rings is 1. The average Bonchev–Trinajstić information content (AvgIpc) is 3.22. The van der Waals surface area contributed by atoms with Crippen LogP contribution in [0.15, 0.2) is 22.7 Å². The zero-order chi connectivity index (χ0) is 19.1. The number of aromatic nitrogens is 1. The molecule has 0 bridgehead atoms. The van der Waals surface area contributed by atoms with Crippen LogP contribution in [0, 0.1) is 5.82 Å². The summed E-state index contributed by atoms with van der Waals surface area (Å²) in [5.74, 6) is 0.443. The molecule has 1 unspecified atom stereocenters. The summed E-state index contributed by atoms with van der Waals surface area (Å²) in [5, 5.41) is 4.99. The molecule has 0 saturated carbocycles. The van der Waals surface area contributed by atoms with Crippen LogP contribution in [0.5, 0.6) is 0 Å². The van der Waals surface area contributed by atoms with E-state index in [-0.39, 0.29) is 24.1 Å². The highest BCUT2D eigenvalue weighted by Crippen LogP contribution is 2.29. The second-order valence-electron chi connectivity index (χ2n) is 7.47. The molecule has 2 aliphatic heterocycles. The summed E-state index contributed by atoms with van der Waals surface area (Å²) in [6.45, 7) is 10.9. The quantitative estimate of drug-likeness (QED) is 0.822. The SMILES string of the molecule is CCN1CC(N2CCN(c3noc4cc(F)ccc34)CC2)N(C(C)C)C1=O. The fourth-order valence-electron chi connectivity index (χ4n) is 4.13. The molecule has 8 heteroatoms. The van der Waals surface area contributed by atoms with Gasteiger partial charge in [-0.2, -0.15) is 0 Å². The van der Waals surface area contributed by atoms with Crippen LogP contribution in [-0.4, -0.2) is 77.4 Å². The highest BCUT2D eigenvalue weighted by molar-refractivity contribution is 5.88. The van der Waals surface area contributed by atoms with Crippen molar-refractivity contribution in [1.82, 2.24) is 19.9 Å². The zero-order valence-corrected chi connectivity index (χ0v) is 16.1. The fraction of sp³-hybridized carbons (Fsp3) is 0.579. The molecule has 0 aliphatic carbocycles. The van der Waals surface area contributed by atoms with Crippen LogP contribution in [-0.2, 0) is 0 Å². The molecule has 3 heterocycles. The first-order chi connectivity index (χ1) is 13.0. The minimum absolute atomic E-state index is 0.114. The second-order valence-corrected chi connectivity index (χ2v) is 7.47. The fourth-order valence-corrected chi connectivity index (χ4v) is 4.13. The molecule has 1 aromatic carbocycles. The predicted molar refractivity (Wildman–Crippen MR) is 101 cm³/mol. The van der Waals surface area contributed by atoms with E-state index in [4.69, 9.17) is 4.52 Å². The van der Waals surface area contributed by atoms with E-state index in [1.54, 1.807) is 6.07 Å². The van der Waals surface area contributed by atoms with E-state index in [0.717, 1.165) is 50.5 Å². The summed E-state index contributed by atoms with van der Waals surface area (Å²) < 4.78 is 18.7. The van der Waals surface area contributed by atoms with Gasteiger partial charge in [-0.1, -0.05) is 5.16 Å². The molecule has 1 atom stereocenters. The lowest BCUT2D eigenvalue weighted by atomic mass is 10.2. The number of hydrogen-bond acceptors (Lipinski definition) is 5. The Balaban J connectivity index is 1.47. The molecule has 0 N–H and O–H groups in total. The molecular weight excluding hydrogens is 349 g/mol. The van der Waals surface area contributed by atoms with Gasteiger partial charge in [-0.25, -0.2) is 9.18 Å². The minimum atomic E-state index is -0.324. The molecule has 2 aliphatic rings. The lowest BCUT2D eigenvalue weighted by molar-refractivity contribution is 0.0736. The average molecular weight is 375 g/mol. The molecule has 2 amide bonds. The highest BCUT2D eigenvalue weighted by Gasteiger charge is 2.41. The van der Waals surface area contributed by atoms with Crippen molar-refractivity contribution in [3.8, 4) is 0 Å². The maximum absolute atomic E-state index is 13.4. The Morgan fingerprint density at radius 3 is 2.67 bits per heavy atom. The number of benzene rings is 1. The van der Waals surface area contributed by atoms with Gasteiger partial charge in [0.15, 0.2) is 11.4 Å². The highest BCUT2D eigenvalue weighted by atomic mass is 19.1. The van der Waals surface area contributed by atoms with Crippen molar-refractivity contribution in [1.29, 1.82) is 0 Å². The molecule has 2 saturated heterocycles. The number of likely N-dealkylation sites (N-methyl/N-ethyl adjacent to an activating group) is 1. The van der Waals surface area contributed by atoms with Gasteiger partial charge in [-0.05, 0) is 32.9 Å². The third-order valence-corrected chi connectivity index (χ3v) is 5.58. The monoisotopic (exact) mass is 375 g/mol. The minimum Gasteiger partial charge on any atom is -0.354 e. The number of carbonyl (C=O) groups excluding carboxylic acids is 1. The van der Waals surface area contributed by atoms with Crippen LogP contribution in [0.2, 0.25) is 0 Å². The van der Waals surface area contributed by atoms with Crippen LogP contribution < -0.4 is 4.90 Å². The first kappa shape index (κ1) is 18.0. The summed E-state index contributed by atoms with van der Waals surface area (Å²) in [6, 6.07) is 4.82. The van der Waals surface area contributed by atoms with Crippen LogP contribution in [0.1, 0.15) is 20.8 Å². The summed E-state index contributed by atoms with van der Waals surface area (Å²) in [5.41, 5.74) is 0.471. The third-order valence-electron chi connectivity index (χ3n) is 5.58. The molecule has 7 nitrogen and oxygen atoms in total. The van der Waals surface area contributed by atoms with Gasteiger partial charge >= 0.3 is 6.03 Å². The largest absolute Gasteiger partial charge is 0.354 e. The van der Waals surface area contributed by atoms with Gasteiger partial charge in [-0.3, -0.25) is 4.90 Å². The second kappa shape index (κ2) is 6.99. The van der Waals surface area contributed by atoms with Crippen molar-refractivity contribution in [3.05, 3.63) is 24.0 Å². The third kappa shape index (κ3) is 3.12. The Morgan fingerprint density at radius 2 is 2.00 bits per heavy atom. The lowest BCUT2D eigenvalue weighted by Gasteiger charge is -2.41. The number of amides is 2. The van der Waals surface area contributed by atoms with Gasteiger partial charge < -0.3 is 19.2 Å². The Kier molecular flexibility index (Phi) is 4.67. The maximum atomic E-state index is 13.4. The summed E-state index contributed by atoms with van der Waals surface area (Å²) in [4.78, 5) is 21.1. The Morgan fingerprint density at radius 1 is 1.26 bits per heavy atom. The van der Waals surface area contributed by atoms with Crippen LogP contribution in [0.25, 0.3) is 11.0 Å². The van der Waals surface area contributed by atoms with Crippen LogP contribution in [0.4, 0.5) is 15.0 Å². The van der Waals surface area contributed by atoms with E-state index < -0.39 is 0 Å². The Labute approximate surface area is 158 Å². The van der Waals surface area contributed by atoms with Gasteiger partial charge in [-0.15, -0.1) is 0 Å². The lowest BCUT2D eigenvalue weighted by Crippen LogP contribution is -2.56. The molecule has 1 aromatic heterocycles. The molecule has 0 radical (unpaired) electrons.